The summed E-state index contributed by atoms with van der Waals surface area (Å²) in [5, 5.41) is 3.55. The Morgan fingerprint density at radius 2 is 2.07 bits per heavy atom. The summed E-state index contributed by atoms with van der Waals surface area (Å²) in [7, 11) is 0. The Kier molecular flexibility index (Phi) is 1.96. The number of benzene rings is 1. The SMILES string of the molecule is Brc1ccccc1C12CCNC(C1)C2. The molecule has 0 radical (unpaired) electrons. The molecule has 0 atom stereocenters. The van der Waals surface area contributed by atoms with Crippen molar-refractivity contribution < 1.29 is 0 Å². The monoisotopic (exact) mass is 251 g/mol. The highest BCUT2D eigenvalue weighted by Gasteiger charge is 2.48. The third-order valence-corrected chi connectivity index (χ3v) is 4.45. The third kappa shape index (κ3) is 1.17. The average Bonchev–Trinajstić information content (AvgIpc) is 2.18. The van der Waals surface area contributed by atoms with Crippen molar-refractivity contribution in [2.75, 3.05) is 6.54 Å². The molecule has 2 saturated heterocycles. The third-order valence-electron chi connectivity index (χ3n) is 3.76. The molecule has 1 aromatic carbocycles. The van der Waals surface area contributed by atoms with Crippen LogP contribution in [0.25, 0.3) is 0 Å². The van der Waals surface area contributed by atoms with E-state index in [1.165, 1.54) is 35.8 Å². The van der Waals surface area contributed by atoms with Crippen molar-refractivity contribution in [2.45, 2.75) is 30.7 Å². The first-order valence-electron chi connectivity index (χ1n) is 5.29. The maximum absolute atomic E-state index is 3.67. The van der Waals surface area contributed by atoms with Gasteiger partial charge >= 0.3 is 0 Å². The number of fused-ring (bicyclic) bond motifs is 2. The average molecular weight is 252 g/mol. The molecule has 2 heteroatoms. The maximum atomic E-state index is 3.67. The molecule has 0 unspecified atom stereocenters. The van der Waals surface area contributed by atoms with Gasteiger partial charge in [-0.3, -0.25) is 0 Å². The topological polar surface area (TPSA) is 12.0 Å². The lowest BCUT2D eigenvalue weighted by Gasteiger charge is -2.53. The highest BCUT2D eigenvalue weighted by molar-refractivity contribution is 9.10. The van der Waals surface area contributed by atoms with Crippen molar-refractivity contribution in [1.29, 1.82) is 0 Å². The number of nitrogens with one attached hydrogen (secondary N) is 1. The molecule has 2 aliphatic heterocycles. The lowest BCUT2D eigenvalue weighted by molar-refractivity contribution is 0.110. The van der Waals surface area contributed by atoms with Crippen molar-refractivity contribution >= 4 is 15.9 Å². The summed E-state index contributed by atoms with van der Waals surface area (Å²) < 4.78 is 1.29. The van der Waals surface area contributed by atoms with Gasteiger partial charge in [-0.2, -0.15) is 0 Å². The minimum absolute atomic E-state index is 0.496. The first-order chi connectivity index (χ1) is 6.80. The Labute approximate surface area is 93.0 Å². The standard InChI is InChI=1S/C12H14BrN/c13-11-4-2-1-3-10(11)12-5-6-14-9(7-12)8-12/h1-4,9,14H,5-8H2. The van der Waals surface area contributed by atoms with E-state index in [2.05, 4.69) is 45.5 Å². The molecule has 0 spiro atoms. The van der Waals surface area contributed by atoms with E-state index < -0.39 is 0 Å². The first-order valence-corrected chi connectivity index (χ1v) is 6.08. The number of hydrogen-bond donors (Lipinski definition) is 1. The van der Waals surface area contributed by atoms with E-state index in [4.69, 9.17) is 0 Å². The zero-order valence-electron chi connectivity index (χ0n) is 8.09. The summed E-state index contributed by atoms with van der Waals surface area (Å²) in [6.07, 6.45) is 3.96. The van der Waals surface area contributed by atoms with E-state index in [0.29, 0.717) is 5.41 Å². The van der Waals surface area contributed by atoms with Crippen LogP contribution in [0, 0.1) is 0 Å². The molecule has 0 amide bonds. The van der Waals surface area contributed by atoms with Crippen LogP contribution in [0.3, 0.4) is 0 Å². The molecule has 74 valence electrons. The highest BCUT2D eigenvalue weighted by Crippen LogP contribution is 2.50. The van der Waals surface area contributed by atoms with Gasteiger partial charge in [0.05, 0.1) is 0 Å². The summed E-state index contributed by atoms with van der Waals surface area (Å²) in [6, 6.07) is 9.49. The molecule has 2 heterocycles. The molecule has 1 aliphatic carbocycles. The number of hydrogen-bond acceptors (Lipinski definition) is 1. The smallest absolute Gasteiger partial charge is 0.0212 e. The predicted octanol–water partition coefficient (Wildman–Crippen LogP) is 2.84. The Morgan fingerprint density at radius 1 is 1.29 bits per heavy atom. The van der Waals surface area contributed by atoms with Crippen LogP contribution in [0.15, 0.2) is 28.7 Å². The van der Waals surface area contributed by atoms with Crippen LogP contribution in [0.4, 0.5) is 0 Å². The first kappa shape index (κ1) is 8.93. The second kappa shape index (κ2) is 3.07. The Hall–Kier alpha value is -0.340. The van der Waals surface area contributed by atoms with Crippen LogP contribution < -0.4 is 5.32 Å². The summed E-state index contributed by atoms with van der Waals surface area (Å²) >= 11 is 3.67. The van der Waals surface area contributed by atoms with Gasteiger partial charge in [-0.25, -0.2) is 0 Å². The van der Waals surface area contributed by atoms with Crippen molar-refractivity contribution in [1.82, 2.24) is 5.32 Å². The zero-order valence-corrected chi connectivity index (χ0v) is 9.68. The summed E-state index contributed by atoms with van der Waals surface area (Å²) in [5.74, 6) is 0. The highest BCUT2D eigenvalue weighted by atomic mass is 79.9. The molecule has 1 nitrogen and oxygen atoms in total. The minimum Gasteiger partial charge on any atom is -0.314 e. The molecule has 1 saturated carbocycles. The number of rotatable bonds is 1. The fourth-order valence-electron chi connectivity index (χ4n) is 2.99. The van der Waals surface area contributed by atoms with Crippen LogP contribution in [0.5, 0.6) is 0 Å². The molecule has 1 N–H and O–H groups in total. The molecule has 3 aliphatic rings. The van der Waals surface area contributed by atoms with Gasteiger partial charge in [0.2, 0.25) is 0 Å². The predicted molar refractivity (Wildman–Crippen MR) is 61.5 cm³/mol. The molecule has 1 aromatic rings. The van der Waals surface area contributed by atoms with Gasteiger partial charge in [-0.05, 0) is 37.4 Å². The minimum atomic E-state index is 0.496. The summed E-state index contributed by atoms with van der Waals surface area (Å²) in [6.45, 7) is 1.19. The number of halogens is 1. The van der Waals surface area contributed by atoms with Crippen LogP contribution in [0.1, 0.15) is 24.8 Å². The van der Waals surface area contributed by atoms with Gasteiger partial charge in [0.1, 0.15) is 0 Å². The van der Waals surface area contributed by atoms with Crippen molar-refractivity contribution in [3.05, 3.63) is 34.3 Å². The van der Waals surface area contributed by atoms with Crippen LogP contribution in [0.2, 0.25) is 0 Å². The van der Waals surface area contributed by atoms with E-state index >= 15 is 0 Å². The zero-order chi connectivity index (χ0) is 9.60. The Morgan fingerprint density at radius 3 is 2.71 bits per heavy atom. The summed E-state index contributed by atoms with van der Waals surface area (Å²) in [5.41, 5.74) is 2.02. The molecule has 2 bridgehead atoms. The van der Waals surface area contributed by atoms with E-state index in [9.17, 15) is 0 Å². The van der Waals surface area contributed by atoms with E-state index in [1.54, 1.807) is 0 Å². The second-order valence-electron chi connectivity index (χ2n) is 4.57. The van der Waals surface area contributed by atoms with Crippen molar-refractivity contribution in [2.24, 2.45) is 0 Å². The van der Waals surface area contributed by atoms with Crippen molar-refractivity contribution in [3.8, 4) is 0 Å². The van der Waals surface area contributed by atoms with Gasteiger partial charge in [-0.1, -0.05) is 34.1 Å². The molecular weight excluding hydrogens is 238 g/mol. The normalized spacial score (nSPS) is 35.1. The van der Waals surface area contributed by atoms with Gasteiger partial charge < -0.3 is 5.32 Å². The molecule has 0 aromatic heterocycles. The van der Waals surface area contributed by atoms with E-state index in [-0.39, 0.29) is 0 Å². The molecular formula is C12H14BrN. The fourth-order valence-corrected chi connectivity index (χ4v) is 3.70. The molecule has 14 heavy (non-hydrogen) atoms. The van der Waals surface area contributed by atoms with Crippen LogP contribution in [-0.2, 0) is 5.41 Å². The van der Waals surface area contributed by atoms with Gasteiger partial charge in [0, 0.05) is 15.9 Å². The van der Waals surface area contributed by atoms with Crippen molar-refractivity contribution in [3.63, 3.8) is 0 Å². The lowest BCUT2D eigenvalue weighted by Crippen LogP contribution is -2.58. The molecule has 4 rings (SSSR count). The lowest BCUT2D eigenvalue weighted by atomic mass is 9.57. The molecule has 3 fully saturated rings. The maximum Gasteiger partial charge on any atom is 0.0212 e. The fraction of sp³-hybridized carbons (Fsp3) is 0.500. The second-order valence-corrected chi connectivity index (χ2v) is 5.42. The van der Waals surface area contributed by atoms with Gasteiger partial charge in [0.25, 0.3) is 0 Å². The van der Waals surface area contributed by atoms with E-state index in [1.807, 2.05) is 0 Å². The van der Waals surface area contributed by atoms with Crippen LogP contribution in [-0.4, -0.2) is 12.6 Å². The Balaban J connectivity index is 1.99. The van der Waals surface area contributed by atoms with Crippen LogP contribution >= 0.6 is 15.9 Å². The Bertz CT molecular complexity index is 350. The van der Waals surface area contributed by atoms with Gasteiger partial charge in [0.15, 0.2) is 0 Å². The van der Waals surface area contributed by atoms with Gasteiger partial charge in [-0.15, -0.1) is 0 Å². The number of piperidine rings is 2. The van der Waals surface area contributed by atoms with E-state index in [0.717, 1.165) is 6.04 Å². The quantitative estimate of drug-likeness (QED) is 0.810. The largest absolute Gasteiger partial charge is 0.314 e. The summed E-state index contributed by atoms with van der Waals surface area (Å²) in [4.78, 5) is 0.